The van der Waals surface area contributed by atoms with Crippen LogP contribution in [0.3, 0.4) is 0 Å². The number of carbonyl (C=O) groups is 2. The van der Waals surface area contributed by atoms with E-state index in [1.807, 2.05) is 12.1 Å². The van der Waals surface area contributed by atoms with Gasteiger partial charge >= 0.3 is 11.8 Å². The zero-order valence-corrected chi connectivity index (χ0v) is 19.8. The summed E-state index contributed by atoms with van der Waals surface area (Å²) < 4.78 is 13.7. The Hall–Kier alpha value is -3.21. The SMILES string of the molecule is NC(N)=NC[C@H]1Cc2cc(CN3CC[C@@H](O)C3)ccc2[C@@H]1NC(=O)C(=O)Nc1ccc(Cl)c(F)c1. The van der Waals surface area contributed by atoms with E-state index in [-0.39, 0.29) is 35.2 Å². The predicted molar refractivity (Wildman–Crippen MR) is 131 cm³/mol. The number of hydrogen-bond acceptors (Lipinski definition) is 5. The van der Waals surface area contributed by atoms with Gasteiger partial charge in [0.15, 0.2) is 5.96 Å². The van der Waals surface area contributed by atoms with Gasteiger partial charge in [-0.05, 0) is 47.7 Å². The number of halogens is 2. The Morgan fingerprint density at radius 2 is 2.00 bits per heavy atom. The lowest BCUT2D eigenvalue weighted by Crippen LogP contribution is -2.40. The molecule has 0 saturated carbocycles. The fourth-order valence-electron chi connectivity index (χ4n) is 4.66. The van der Waals surface area contributed by atoms with Gasteiger partial charge in [0, 0.05) is 37.8 Å². The molecule has 2 amide bonds. The van der Waals surface area contributed by atoms with Crippen LogP contribution in [0.2, 0.25) is 5.02 Å². The summed E-state index contributed by atoms with van der Waals surface area (Å²) in [5.74, 6) is -2.69. The van der Waals surface area contributed by atoms with E-state index in [4.69, 9.17) is 23.1 Å². The molecule has 11 heteroatoms. The smallest absolute Gasteiger partial charge is 0.313 e. The molecule has 7 N–H and O–H groups in total. The lowest BCUT2D eigenvalue weighted by Gasteiger charge is -2.21. The number of aliphatic hydroxyl groups is 1. The molecular formula is C24H28ClFN6O3. The Bertz CT molecular complexity index is 1160. The van der Waals surface area contributed by atoms with E-state index in [0.29, 0.717) is 13.0 Å². The number of guanidine groups is 1. The lowest BCUT2D eigenvalue weighted by molar-refractivity contribution is -0.136. The summed E-state index contributed by atoms with van der Waals surface area (Å²) in [4.78, 5) is 31.5. The first-order chi connectivity index (χ1) is 16.7. The zero-order chi connectivity index (χ0) is 25.1. The second-order valence-electron chi connectivity index (χ2n) is 8.97. The van der Waals surface area contributed by atoms with Crippen molar-refractivity contribution in [1.29, 1.82) is 0 Å². The maximum absolute atomic E-state index is 13.7. The molecule has 0 unspecified atom stereocenters. The Balaban J connectivity index is 1.48. The van der Waals surface area contributed by atoms with Crippen LogP contribution < -0.4 is 22.1 Å². The Kier molecular flexibility index (Phi) is 7.54. The number of aliphatic hydroxyl groups excluding tert-OH is 1. The minimum absolute atomic E-state index is 0.0539. The number of benzene rings is 2. The lowest BCUT2D eigenvalue weighted by atomic mass is 10.0. The number of nitrogens with two attached hydrogens (primary N) is 2. The van der Waals surface area contributed by atoms with Crippen molar-refractivity contribution in [3.63, 3.8) is 0 Å². The Morgan fingerprint density at radius 3 is 2.69 bits per heavy atom. The van der Waals surface area contributed by atoms with Gasteiger partial charge in [0.25, 0.3) is 0 Å². The second kappa shape index (κ2) is 10.6. The van der Waals surface area contributed by atoms with Crippen molar-refractivity contribution in [3.05, 3.63) is 63.9 Å². The summed E-state index contributed by atoms with van der Waals surface area (Å²) in [5, 5.41) is 14.9. The summed E-state index contributed by atoms with van der Waals surface area (Å²) >= 11 is 5.66. The van der Waals surface area contributed by atoms with Crippen LogP contribution in [0.4, 0.5) is 10.1 Å². The van der Waals surface area contributed by atoms with Gasteiger partial charge in [-0.25, -0.2) is 4.39 Å². The predicted octanol–water partition coefficient (Wildman–Crippen LogP) is 1.29. The number of hydrogen-bond donors (Lipinski definition) is 5. The average Bonchev–Trinajstić information content (AvgIpc) is 3.37. The van der Waals surface area contributed by atoms with Crippen molar-refractivity contribution in [3.8, 4) is 0 Å². The molecule has 1 aliphatic heterocycles. The van der Waals surface area contributed by atoms with Crippen LogP contribution in [0, 0.1) is 11.7 Å². The average molecular weight is 503 g/mol. The van der Waals surface area contributed by atoms with Crippen molar-refractivity contribution in [2.45, 2.75) is 31.5 Å². The quantitative estimate of drug-likeness (QED) is 0.228. The van der Waals surface area contributed by atoms with Gasteiger partial charge in [-0.2, -0.15) is 0 Å². The summed E-state index contributed by atoms with van der Waals surface area (Å²) in [6.45, 7) is 2.49. The molecule has 1 heterocycles. The number of nitrogens with zero attached hydrogens (tertiary/aromatic N) is 2. The fourth-order valence-corrected chi connectivity index (χ4v) is 4.78. The molecule has 2 aromatic carbocycles. The number of rotatable bonds is 6. The summed E-state index contributed by atoms with van der Waals surface area (Å²) in [6, 6.07) is 9.29. The number of carbonyl (C=O) groups excluding carboxylic acids is 2. The van der Waals surface area contributed by atoms with Gasteiger partial charge < -0.3 is 27.2 Å². The highest BCUT2D eigenvalue weighted by molar-refractivity contribution is 6.39. The number of anilines is 1. The number of amides is 2. The van der Waals surface area contributed by atoms with Crippen LogP contribution in [-0.2, 0) is 22.6 Å². The first kappa shape index (κ1) is 24.9. The molecule has 0 aromatic heterocycles. The van der Waals surface area contributed by atoms with Crippen LogP contribution in [0.1, 0.15) is 29.2 Å². The third-order valence-electron chi connectivity index (χ3n) is 6.33. The minimum Gasteiger partial charge on any atom is -0.392 e. The van der Waals surface area contributed by atoms with Crippen LogP contribution in [0.25, 0.3) is 0 Å². The molecule has 35 heavy (non-hydrogen) atoms. The fraction of sp³-hybridized carbons (Fsp3) is 0.375. The van der Waals surface area contributed by atoms with E-state index in [2.05, 4.69) is 26.6 Å². The molecule has 2 aromatic rings. The first-order valence-corrected chi connectivity index (χ1v) is 11.7. The van der Waals surface area contributed by atoms with Gasteiger partial charge in [0.05, 0.1) is 17.2 Å². The largest absolute Gasteiger partial charge is 0.392 e. The molecule has 2 aliphatic rings. The van der Waals surface area contributed by atoms with Gasteiger partial charge in [0.1, 0.15) is 5.82 Å². The van der Waals surface area contributed by atoms with E-state index in [9.17, 15) is 19.1 Å². The summed E-state index contributed by atoms with van der Waals surface area (Å²) in [5.41, 5.74) is 14.2. The van der Waals surface area contributed by atoms with Crippen molar-refractivity contribution in [2.75, 3.05) is 25.0 Å². The van der Waals surface area contributed by atoms with E-state index in [1.165, 1.54) is 12.1 Å². The highest BCUT2D eigenvalue weighted by atomic mass is 35.5. The third-order valence-corrected chi connectivity index (χ3v) is 6.63. The van der Waals surface area contributed by atoms with E-state index in [1.54, 1.807) is 0 Å². The molecule has 4 rings (SSSR count). The monoisotopic (exact) mass is 502 g/mol. The molecule has 3 atom stereocenters. The molecule has 1 saturated heterocycles. The van der Waals surface area contributed by atoms with Gasteiger partial charge in [0.2, 0.25) is 0 Å². The highest BCUT2D eigenvalue weighted by Gasteiger charge is 2.35. The van der Waals surface area contributed by atoms with Crippen molar-refractivity contribution in [2.24, 2.45) is 22.4 Å². The summed E-state index contributed by atoms with van der Waals surface area (Å²) in [7, 11) is 0. The molecule has 0 radical (unpaired) electrons. The van der Waals surface area contributed by atoms with E-state index >= 15 is 0 Å². The Morgan fingerprint density at radius 1 is 1.20 bits per heavy atom. The van der Waals surface area contributed by atoms with Gasteiger partial charge in [-0.1, -0.05) is 29.8 Å². The van der Waals surface area contributed by atoms with Crippen LogP contribution in [0.5, 0.6) is 0 Å². The number of nitrogens with one attached hydrogen (secondary N) is 2. The molecule has 186 valence electrons. The van der Waals surface area contributed by atoms with Gasteiger partial charge in [-0.15, -0.1) is 0 Å². The second-order valence-corrected chi connectivity index (χ2v) is 9.38. The molecule has 1 fully saturated rings. The van der Waals surface area contributed by atoms with Crippen LogP contribution in [-0.4, -0.2) is 53.5 Å². The number of likely N-dealkylation sites (tertiary alicyclic amines) is 1. The number of β-amino-alcohol motifs (C(OH)–C–C–N with tert-alkyl or cyclic N) is 1. The van der Waals surface area contributed by atoms with Crippen LogP contribution >= 0.6 is 11.6 Å². The van der Waals surface area contributed by atoms with Crippen molar-refractivity contribution in [1.82, 2.24) is 10.2 Å². The molecule has 9 nitrogen and oxygen atoms in total. The van der Waals surface area contributed by atoms with E-state index in [0.717, 1.165) is 42.3 Å². The topological polar surface area (TPSA) is 146 Å². The van der Waals surface area contributed by atoms with Gasteiger partial charge in [-0.3, -0.25) is 19.5 Å². The van der Waals surface area contributed by atoms with E-state index < -0.39 is 23.7 Å². The summed E-state index contributed by atoms with van der Waals surface area (Å²) in [6.07, 6.45) is 1.10. The van der Waals surface area contributed by atoms with Crippen molar-refractivity contribution < 1.29 is 19.1 Å². The zero-order valence-electron chi connectivity index (χ0n) is 19.0. The first-order valence-electron chi connectivity index (χ1n) is 11.3. The third kappa shape index (κ3) is 6.08. The Labute approximate surface area is 207 Å². The molecule has 1 aliphatic carbocycles. The molecule has 0 spiro atoms. The van der Waals surface area contributed by atoms with Crippen molar-refractivity contribution >= 4 is 35.1 Å². The minimum atomic E-state index is -0.926. The standard InChI is InChI=1S/C24H28ClFN6O3/c25-19-4-2-16(9-20(19)26)30-22(34)23(35)31-21-15(10-29-24(27)28)8-14-7-13(1-3-18(14)21)11-32-6-5-17(33)12-32/h1-4,7,9,15,17,21,33H,5-6,8,10-12H2,(H,30,34)(H,31,35)(H4,27,28,29)/t15-,17-,21-/m1/s1. The normalized spacial score (nSPS) is 21.4. The molecule has 0 bridgehead atoms. The molecular weight excluding hydrogens is 475 g/mol. The maximum Gasteiger partial charge on any atom is 0.313 e. The number of fused-ring (bicyclic) bond motifs is 1. The maximum atomic E-state index is 13.7. The van der Waals surface area contributed by atoms with Crippen LogP contribution in [0.15, 0.2) is 41.4 Å². The number of aliphatic imine (C=N–C) groups is 1. The highest BCUT2D eigenvalue weighted by Crippen LogP contribution is 2.37.